The van der Waals surface area contributed by atoms with Crippen molar-refractivity contribution in [2.45, 2.75) is 59.2 Å². The molecule has 2 amide bonds. The van der Waals surface area contributed by atoms with Gasteiger partial charge in [0.2, 0.25) is 0 Å². The topological polar surface area (TPSA) is 86.3 Å². The lowest BCUT2D eigenvalue weighted by molar-refractivity contribution is -0.274. The minimum absolute atomic E-state index is 0.173. The van der Waals surface area contributed by atoms with E-state index in [2.05, 4.69) is 75.6 Å². The van der Waals surface area contributed by atoms with Gasteiger partial charge in [-0.05, 0) is 79.1 Å². The second-order valence-corrected chi connectivity index (χ2v) is 12.3. The summed E-state index contributed by atoms with van der Waals surface area (Å²) in [6, 6.07) is 19.3. The Bertz CT molecular complexity index is 1870. The molecular formula is C34H35F3N6O2S. The molecule has 3 aromatic carbocycles. The van der Waals surface area contributed by atoms with Crippen LogP contribution in [0.2, 0.25) is 0 Å². The molecule has 1 unspecified atom stereocenters. The lowest BCUT2D eigenvalue weighted by atomic mass is 9.96. The van der Waals surface area contributed by atoms with Crippen LogP contribution in [0.1, 0.15) is 61.4 Å². The van der Waals surface area contributed by atoms with Crippen LogP contribution in [-0.2, 0) is 0 Å². The number of benzene rings is 3. The minimum atomic E-state index is -4.75. The normalized spacial score (nSPS) is 12.8. The lowest BCUT2D eigenvalue weighted by Gasteiger charge is -2.16. The second-order valence-electron chi connectivity index (χ2n) is 11.4. The van der Waals surface area contributed by atoms with E-state index in [0.29, 0.717) is 28.8 Å². The summed E-state index contributed by atoms with van der Waals surface area (Å²) in [4.78, 5) is 22.2. The van der Waals surface area contributed by atoms with Gasteiger partial charge in [0.15, 0.2) is 10.6 Å². The van der Waals surface area contributed by atoms with Crippen molar-refractivity contribution in [3.8, 4) is 28.5 Å². The van der Waals surface area contributed by atoms with Gasteiger partial charge in [0, 0.05) is 23.2 Å². The summed E-state index contributed by atoms with van der Waals surface area (Å²) in [5.74, 6) is 0.673. The minimum Gasteiger partial charge on any atom is -0.406 e. The fourth-order valence-corrected chi connectivity index (χ4v) is 5.93. The summed E-state index contributed by atoms with van der Waals surface area (Å²) >= 11 is 1.45. The number of alkyl halides is 3. The van der Waals surface area contributed by atoms with Crippen molar-refractivity contribution in [1.82, 2.24) is 24.6 Å². The maximum absolute atomic E-state index is 12.8. The van der Waals surface area contributed by atoms with Gasteiger partial charge in [-0.2, -0.15) is 4.99 Å². The number of carbonyl (C=O) groups is 1. The SMILES string of the molecule is Cc1ccc(C(C)C)c(-n2c(C)csc2=NC(=O)NCCC(C)c2ccc(-c3ncn(-c4ccc(OC(F)(F)F)cc4)n3)cc2)c1. The maximum atomic E-state index is 12.8. The molecule has 12 heteroatoms. The summed E-state index contributed by atoms with van der Waals surface area (Å²) in [5.41, 5.74) is 6.87. The van der Waals surface area contributed by atoms with Crippen LogP contribution in [0, 0.1) is 13.8 Å². The Morgan fingerprint density at radius 1 is 1.02 bits per heavy atom. The third kappa shape index (κ3) is 7.92. The summed E-state index contributed by atoms with van der Waals surface area (Å²) in [7, 11) is 0. The molecule has 0 saturated heterocycles. The Labute approximate surface area is 269 Å². The number of halogens is 3. The Hall–Kier alpha value is -4.71. The quantitative estimate of drug-likeness (QED) is 0.175. The molecule has 2 aromatic heterocycles. The highest BCUT2D eigenvalue weighted by atomic mass is 32.1. The summed E-state index contributed by atoms with van der Waals surface area (Å²) in [5, 5.41) is 9.41. The molecule has 2 heterocycles. The van der Waals surface area contributed by atoms with Gasteiger partial charge in [0.05, 0.1) is 11.4 Å². The maximum Gasteiger partial charge on any atom is 0.573 e. The first-order valence-electron chi connectivity index (χ1n) is 14.9. The highest BCUT2D eigenvalue weighted by Crippen LogP contribution is 2.27. The lowest BCUT2D eigenvalue weighted by Crippen LogP contribution is -2.26. The zero-order valence-electron chi connectivity index (χ0n) is 26.2. The smallest absolute Gasteiger partial charge is 0.406 e. The molecule has 0 fully saturated rings. The zero-order chi connectivity index (χ0) is 33.0. The van der Waals surface area contributed by atoms with Crippen molar-refractivity contribution >= 4 is 17.4 Å². The molecule has 240 valence electrons. The van der Waals surface area contributed by atoms with Gasteiger partial charge < -0.3 is 10.1 Å². The molecule has 0 radical (unpaired) electrons. The number of aromatic nitrogens is 4. The van der Waals surface area contributed by atoms with Gasteiger partial charge in [-0.25, -0.2) is 14.5 Å². The molecule has 0 spiro atoms. The van der Waals surface area contributed by atoms with Crippen LogP contribution in [0.3, 0.4) is 0 Å². The largest absolute Gasteiger partial charge is 0.573 e. The van der Waals surface area contributed by atoms with E-state index in [1.165, 1.54) is 52.2 Å². The number of aryl methyl sites for hydroxylation is 2. The van der Waals surface area contributed by atoms with Crippen molar-refractivity contribution < 1.29 is 22.7 Å². The summed E-state index contributed by atoms with van der Waals surface area (Å²) in [6.07, 6.45) is -2.52. The Morgan fingerprint density at radius 2 is 1.74 bits per heavy atom. The van der Waals surface area contributed by atoms with E-state index in [4.69, 9.17) is 0 Å². The molecule has 46 heavy (non-hydrogen) atoms. The van der Waals surface area contributed by atoms with Gasteiger partial charge in [0.25, 0.3) is 0 Å². The third-order valence-corrected chi connectivity index (χ3v) is 8.49. The number of ether oxygens (including phenoxy) is 1. The fraction of sp³-hybridized carbons (Fsp3) is 0.294. The molecule has 0 aliphatic heterocycles. The highest BCUT2D eigenvalue weighted by Gasteiger charge is 2.31. The molecule has 0 saturated carbocycles. The third-order valence-electron chi connectivity index (χ3n) is 7.54. The monoisotopic (exact) mass is 648 g/mol. The second kappa shape index (κ2) is 13.7. The first kappa shape index (κ1) is 32.7. The molecule has 0 aliphatic rings. The number of nitrogens with zero attached hydrogens (tertiary/aromatic N) is 5. The molecule has 5 rings (SSSR count). The number of hydrogen-bond donors (Lipinski definition) is 1. The Morgan fingerprint density at radius 3 is 2.41 bits per heavy atom. The van der Waals surface area contributed by atoms with Gasteiger partial charge >= 0.3 is 12.4 Å². The fourth-order valence-electron chi connectivity index (χ4n) is 5.07. The van der Waals surface area contributed by atoms with Gasteiger partial charge in [-0.15, -0.1) is 29.6 Å². The van der Waals surface area contributed by atoms with E-state index < -0.39 is 6.36 Å². The number of thiazole rings is 1. The average molecular weight is 649 g/mol. The predicted octanol–water partition coefficient (Wildman–Crippen LogP) is 8.23. The number of amides is 2. The molecule has 8 nitrogen and oxygen atoms in total. The highest BCUT2D eigenvalue weighted by molar-refractivity contribution is 7.07. The van der Waals surface area contributed by atoms with Crippen LogP contribution >= 0.6 is 11.3 Å². The van der Waals surface area contributed by atoms with Crippen LogP contribution in [0.25, 0.3) is 22.8 Å². The van der Waals surface area contributed by atoms with Crippen LogP contribution in [0.15, 0.2) is 83.4 Å². The van der Waals surface area contributed by atoms with E-state index in [1.54, 1.807) is 0 Å². The van der Waals surface area contributed by atoms with Crippen molar-refractivity contribution in [1.29, 1.82) is 0 Å². The summed E-state index contributed by atoms with van der Waals surface area (Å²) in [6.45, 7) is 11.0. The molecular weight excluding hydrogens is 613 g/mol. The molecule has 1 N–H and O–H groups in total. The number of nitrogens with one attached hydrogen (secondary N) is 1. The number of rotatable bonds is 9. The first-order valence-corrected chi connectivity index (χ1v) is 15.7. The predicted molar refractivity (Wildman–Crippen MR) is 173 cm³/mol. The van der Waals surface area contributed by atoms with Crippen LogP contribution in [0.5, 0.6) is 5.75 Å². The van der Waals surface area contributed by atoms with E-state index in [-0.39, 0.29) is 17.7 Å². The van der Waals surface area contributed by atoms with Gasteiger partial charge in [-0.1, -0.05) is 57.2 Å². The van der Waals surface area contributed by atoms with E-state index >= 15 is 0 Å². The molecule has 0 aliphatic carbocycles. The number of carbonyl (C=O) groups excluding carboxylic acids is 1. The number of urea groups is 1. The van der Waals surface area contributed by atoms with Crippen LogP contribution in [-0.4, -0.2) is 38.3 Å². The van der Waals surface area contributed by atoms with E-state index in [9.17, 15) is 18.0 Å². The van der Waals surface area contributed by atoms with Crippen LogP contribution < -0.4 is 14.9 Å². The van der Waals surface area contributed by atoms with Crippen molar-refractivity contribution in [3.05, 3.63) is 106 Å². The zero-order valence-corrected chi connectivity index (χ0v) is 27.0. The van der Waals surface area contributed by atoms with Gasteiger partial charge in [-0.3, -0.25) is 4.57 Å². The van der Waals surface area contributed by atoms with E-state index in [0.717, 1.165) is 34.5 Å². The molecule has 5 aromatic rings. The first-order chi connectivity index (χ1) is 21.9. The molecule has 1 atom stereocenters. The standard InChI is InChI=1S/C34H35F3N6O2S/c1-21(2)29-15-6-22(3)18-30(29)43-24(5)19-46-33(43)40-32(44)38-17-16-23(4)25-7-9-26(10-8-25)31-39-20-42(41-31)27-11-13-28(14-12-27)45-34(35,36)37/h6-15,18-21,23H,16-17H2,1-5H3,(H,38,44). The average Bonchev–Trinajstić information content (AvgIpc) is 3.63. The van der Waals surface area contributed by atoms with Gasteiger partial charge in [0.1, 0.15) is 12.1 Å². The Kier molecular flexibility index (Phi) is 9.76. The Balaban J connectivity index is 1.19. The van der Waals surface area contributed by atoms with Crippen LogP contribution in [0.4, 0.5) is 18.0 Å². The van der Waals surface area contributed by atoms with Crippen molar-refractivity contribution in [2.24, 2.45) is 4.99 Å². The van der Waals surface area contributed by atoms with Crippen molar-refractivity contribution in [2.75, 3.05) is 6.54 Å². The van der Waals surface area contributed by atoms with E-state index in [1.807, 2.05) is 36.6 Å². The number of hydrogen-bond acceptors (Lipinski definition) is 5. The van der Waals surface area contributed by atoms with Crippen molar-refractivity contribution in [3.63, 3.8) is 0 Å². The summed E-state index contributed by atoms with van der Waals surface area (Å²) < 4.78 is 44.8. The molecule has 0 bridgehead atoms.